The molecule has 0 bridgehead atoms. The lowest BCUT2D eigenvalue weighted by atomic mass is 10.2. The molecule has 6 nitrogen and oxygen atoms in total. The third-order valence-corrected chi connectivity index (χ3v) is 5.20. The minimum absolute atomic E-state index is 0.103. The van der Waals surface area contributed by atoms with E-state index in [1.807, 2.05) is 12.3 Å². The summed E-state index contributed by atoms with van der Waals surface area (Å²) in [5.74, 6) is -0.279. The van der Waals surface area contributed by atoms with Crippen LogP contribution in [-0.4, -0.2) is 25.9 Å². The number of carbonyl (C=O) groups excluding carboxylic acids is 1. The van der Waals surface area contributed by atoms with Gasteiger partial charge in [-0.3, -0.25) is 4.79 Å². The molecule has 0 fully saturated rings. The van der Waals surface area contributed by atoms with Crippen LogP contribution in [0.3, 0.4) is 0 Å². The molecule has 0 aliphatic heterocycles. The van der Waals surface area contributed by atoms with Gasteiger partial charge in [-0.15, -0.1) is 17.9 Å². The fraction of sp³-hybridized carbons (Fsp3) is 0.200. The highest BCUT2D eigenvalue weighted by Crippen LogP contribution is 2.11. The minimum Gasteiger partial charge on any atom is -0.346 e. The van der Waals surface area contributed by atoms with Crippen molar-refractivity contribution in [3.8, 4) is 0 Å². The second kappa shape index (κ2) is 7.49. The van der Waals surface area contributed by atoms with Crippen molar-refractivity contribution in [2.24, 2.45) is 0 Å². The van der Waals surface area contributed by atoms with Gasteiger partial charge >= 0.3 is 0 Å². The standard InChI is InChI=1S/C15H17N3O3S2/c1-3-8-17-23(20,21)14-6-4-12(5-7-14)15(19)16-9-13-10-22-11(2)18-13/h3-7,10,17H,1,8-9H2,2H3,(H,16,19). The SMILES string of the molecule is C=CCNS(=O)(=O)c1ccc(C(=O)NCc2csc(C)n2)cc1. The van der Waals surface area contributed by atoms with Gasteiger partial charge in [-0.1, -0.05) is 6.08 Å². The van der Waals surface area contributed by atoms with E-state index >= 15 is 0 Å². The molecule has 0 spiro atoms. The van der Waals surface area contributed by atoms with Gasteiger partial charge in [0.1, 0.15) is 0 Å². The molecular weight excluding hydrogens is 334 g/mol. The van der Waals surface area contributed by atoms with Crippen molar-refractivity contribution < 1.29 is 13.2 Å². The van der Waals surface area contributed by atoms with E-state index in [0.717, 1.165) is 10.7 Å². The van der Waals surface area contributed by atoms with Crippen molar-refractivity contribution in [3.05, 3.63) is 58.6 Å². The maximum Gasteiger partial charge on any atom is 0.251 e. The first-order valence-corrected chi connectivity index (χ1v) is 9.18. The first kappa shape index (κ1) is 17.3. The molecule has 0 atom stereocenters. The first-order chi connectivity index (χ1) is 10.9. The molecule has 23 heavy (non-hydrogen) atoms. The highest BCUT2D eigenvalue weighted by Gasteiger charge is 2.14. The Bertz CT molecular complexity index is 796. The van der Waals surface area contributed by atoms with Gasteiger partial charge in [-0.05, 0) is 31.2 Å². The summed E-state index contributed by atoms with van der Waals surface area (Å²) in [6.45, 7) is 5.84. The number of carbonyl (C=O) groups is 1. The third-order valence-electron chi connectivity index (χ3n) is 2.94. The molecule has 122 valence electrons. The van der Waals surface area contributed by atoms with E-state index in [0.29, 0.717) is 12.1 Å². The zero-order valence-electron chi connectivity index (χ0n) is 12.6. The molecule has 2 N–H and O–H groups in total. The Kier molecular flexibility index (Phi) is 5.64. The van der Waals surface area contributed by atoms with Crippen molar-refractivity contribution in [1.82, 2.24) is 15.0 Å². The van der Waals surface area contributed by atoms with E-state index < -0.39 is 10.0 Å². The van der Waals surface area contributed by atoms with Crippen molar-refractivity contribution in [1.29, 1.82) is 0 Å². The molecule has 8 heteroatoms. The van der Waals surface area contributed by atoms with Gasteiger partial charge in [0, 0.05) is 17.5 Å². The zero-order chi connectivity index (χ0) is 16.9. The van der Waals surface area contributed by atoms with E-state index in [9.17, 15) is 13.2 Å². The van der Waals surface area contributed by atoms with Crippen molar-refractivity contribution in [3.63, 3.8) is 0 Å². The van der Waals surface area contributed by atoms with Crippen molar-refractivity contribution >= 4 is 27.3 Å². The Morgan fingerprint density at radius 3 is 2.61 bits per heavy atom. The van der Waals surface area contributed by atoms with Crippen molar-refractivity contribution in [2.75, 3.05) is 6.54 Å². The number of amides is 1. The topological polar surface area (TPSA) is 88.2 Å². The fourth-order valence-electron chi connectivity index (χ4n) is 1.80. The molecule has 0 saturated carbocycles. The monoisotopic (exact) mass is 351 g/mol. The molecule has 0 aliphatic carbocycles. The molecule has 0 radical (unpaired) electrons. The van der Waals surface area contributed by atoms with Crippen LogP contribution in [0.25, 0.3) is 0 Å². The molecule has 1 heterocycles. The third kappa shape index (κ3) is 4.72. The lowest BCUT2D eigenvalue weighted by Gasteiger charge is -2.06. The van der Waals surface area contributed by atoms with E-state index in [2.05, 4.69) is 21.6 Å². The number of hydrogen-bond donors (Lipinski definition) is 2. The van der Waals surface area contributed by atoms with Crippen molar-refractivity contribution in [2.45, 2.75) is 18.4 Å². The Labute approximate surface area is 139 Å². The number of nitrogens with one attached hydrogen (secondary N) is 2. The summed E-state index contributed by atoms with van der Waals surface area (Å²) < 4.78 is 26.2. The summed E-state index contributed by atoms with van der Waals surface area (Å²) in [6.07, 6.45) is 1.46. The van der Waals surface area contributed by atoms with E-state index in [4.69, 9.17) is 0 Å². The summed E-state index contributed by atoms with van der Waals surface area (Å²) >= 11 is 1.52. The predicted octanol–water partition coefficient (Wildman–Crippen LogP) is 1.85. The summed E-state index contributed by atoms with van der Waals surface area (Å²) in [7, 11) is -3.58. The minimum atomic E-state index is -3.58. The van der Waals surface area contributed by atoms with Gasteiger partial charge < -0.3 is 5.32 Å². The Morgan fingerprint density at radius 2 is 2.04 bits per heavy atom. The molecule has 1 amide bonds. The Hall–Kier alpha value is -2.03. The van der Waals surface area contributed by atoms with E-state index in [-0.39, 0.29) is 17.3 Å². The normalized spacial score (nSPS) is 11.2. The second-order valence-corrected chi connectivity index (χ2v) is 7.53. The molecule has 0 saturated heterocycles. The molecule has 1 aromatic carbocycles. The van der Waals surface area contributed by atoms with Crippen LogP contribution in [0.1, 0.15) is 21.1 Å². The van der Waals surface area contributed by atoms with Crippen LogP contribution >= 0.6 is 11.3 Å². The van der Waals surface area contributed by atoms with E-state index in [1.165, 1.54) is 41.7 Å². The number of aromatic nitrogens is 1. The zero-order valence-corrected chi connectivity index (χ0v) is 14.2. The van der Waals surface area contributed by atoms with Crippen LogP contribution in [0.4, 0.5) is 0 Å². The van der Waals surface area contributed by atoms with Crippen LogP contribution in [0.15, 0.2) is 47.2 Å². The summed E-state index contributed by atoms with van der Waals surface area (Å²) in [5.41, 5.74) is 1.19. The quantitative estimate of drug-likeness (QED) is 0.745. The average Bonchev–Trinajstić information content (AvgIpc) is 2.96. The molecule has 0 aliphatic rings. The lowest BCUT2D eigenvalue weighted by molar-refractivity contribution is 0.0950. The molecule has 2 aromatic rings. The molecule has 0 unspecified atom stereocenters. The van der Waals surface area contributed by atoms with Crippen LogP contribution in [0.2, 0.25) is 0 Å². The van der Waals surface area contributed by atoms with Crippen LogP contribution in [0, 0.1) is 6.92 Å². The molecule has 2 rings (SSSR count). The van der Waals surface area contributed by atoms with Gasteiger partial charge in [0.2, 0.25) is 10.0 Å². The molecular formula is C15H17N3O3S2. The summed E-state index contributed by atoms with van der Waals surface area (Å²) in [4.78, 5) is 16.4. The maximum atomic E-state index is 12.0. The Morgan fingerprint density at radius 1 is 1.35 bits per heavy atom. The van der Waals surface area contributed by atoms with Crippen LogP contribution in [-0.2, 0) is 16.6 Å². The van der Waals surface area contributed by atoms with Crippen LogP contribution in [0.5, 0.6) is 0 Å². The summed E-state index contributed by atoms with van der Waals surface area (Å²) in [6, 6.07) is 5.74. The number of rotatable bonds is 7. The predicted molar refractivity (Wildman–Crippen MR) is 89.8 cm³/mol. The van der Waals surface area contributed by atoms with Gasteiger partial charge in [-0.2, -0.15) is 0 Å². The number of hydrogen-bond acceptors (Lipinski definition) is 5. The first-order valence-electron chi connectivity index (χ1n) is 6.82. The highest BCUT2D eigenvalue weighted by atomic mass is 32.2. The highest BCUT2D eigenvalue weighted by molar-refractivity contribution is 7.89. The van der Waals surface area contributed by atoms with Gasteiger partial charge in [-0.25, -0.2) is 18.1 Å². The number of nitrogens with zero attached hydrogens (tertiary/aromatic N) is 1. The summed E-state index contributed by atoms with van der Waals surface area (Å²) in [5, 5.41) is 5.57. The number of thiazole rings is 1. The Balaban J connectivity index is 2.01. The largest absolute Gasteiger partial charge is 0.346 e. The number of benzene rings is 1. The molecule has 1 aromatic heterocycles. The van der Waals surface area contributed by atoms with Crippen LogP contribution < -0.4 is 10.0 Å². The van der Waals surface area contributed by atoms with Gasteiger partial charge in [0.15, 0.2) is 0 Å². The fourth-order valence-corrected chi connectivity index (χ4v) is 3.41. The van der Waals surface area contributed by atoms with Gasteiger partial charge in [0.05, 0.1) is 22.1 Å². The second-order valence-electron chi connectivity index (χ2n) is 4.71. The smallest absolute Gasteiger partial charge is 0.251 e. The lowest BCUT2D eigenvalue weighted by Crippen LogP contribution is -2.25. The number of sulfonamides is 1. The van der Waals surface area contributed by atoms with Gasteiger partial charge in [0.25, 0.3) is 5.91 Å². The number of aryl methyl sites for hydroxylation is 1. The van der Waals surface area contributed by atoms with E-state index in [1.54, 1.807) is 0 Å². The maximum absolute atomic E-state index is 12.0. The average molecular weight is 351 g/mol.